The summed E-state index contributed by atoms with van der Waals surface area (Å²) >= 11 is 0. The lowest BCUT2D eigenvalue weighted by Crippen LogP contribution is -2.22. The average molecular weight is 307 g/mol. The highest BCUT2D eigenvalue weighted by atomic mass is 16.1. The minimum absolute atomic E-state index is 0.00341. The summed E-state index contributed by atoms with van der Waals surface area (Å²) in [5.74, 6) is 0.666. The van der Waals surface area contributed by atoms with E-state index in [9.17, 15) is 4.79 Å². The van der Waals surface area contributed by atoms with Crippen molar-refractivity contribution in [1.82, 2.24) is 19.6 Å². The summed E-state index contributed by atoms with van der Waals surface area (Å²) in [5, 5.41) is 11.6. The Morgan fingerprint density at radius 3 is 2.83 bits per heavy atom. The van der Waals surface area contributed by atoms with Crippen molar-refractivity contribution < 1.29 is 4.79 Å². The minimum Gasteiger partial charge on any atom is -0.309 e. The lowest BCUT2D eigenvalue weighted by atomic mass is 9.89. The summed E-state index contributed by atoms with van der Waals surface area (Å²) in [4.78, 5) is 12.0. The van der Waals surface area contributed by atoms with Gasteiger partial charge < -0.3 is 5.32 Å². The quantitative estimate of drug-likeness (QED) is 0.806. The number of benzene rings is 1. The fourth-order valence-electron chi connectivity index (χ4n) is 3.04. The van der Waals surface area contributed by atoms with Gasteiger partial charge >= 0.3 is 0 Å². The summed E-state index contributed by atoms with van der Waals surface area (Å²) in [6.45, 7) is 0.684. The molecule has 4 rings (SSSR count). The number of nitrogens with zero attached hydrogens (tertiary/aromatic N) is 4. The molecule has 0 bridgehead atoms. The molecule has 0 saturated carbocycles. The van der Waals surface area contributed by atoms with Gasteiger partial charge in [0.15, 0.2) is 5.82 Å². The predicted octanol–water partition coefficient (Wildman–Crippen LogP) is 2.14. The number of anilines is 1. The van der Waals surface area contributed by atoms with Gasteiger partial charge in [0, 0.05) is 37.3 Å². The van der Waals surface area contributed by atoms with E-state index in [1.165, 1.54) is 5.56 Å². The van der Waals surface area contributed by atoms with E-state index in [2.05, 4.69) is 27.6 Å². The van der Waals surface area contributed by atoms with Crippen LogP contribution in [0.5, 0.6) is 0 Å². The van der Waals surface area contributed by atoms with Crippen molar-refractivity contribution in [2.24, 2.45) is 7.05 Å². The molecule has 0 aliphatic carbocycles. The number of nitrogens with one attached hydrogen (secondary N) is 1. The molecular weight excluding hydrogens is 290 g/mol. The van der Waals surface area contributed by atoms with E-state index < -0.39 is 0 Å². The Kier molecular flexibility index (Phi) is 3.22. The highest BCUT2D eigenvalue weighted by Gasteiger charge is 2.30. The molecule has 0 radical (unpaired) electrons. The molecule has 1 unspecified atom stereocenters. The molecule has 6 heteroatoms. The first kappa shape index (κ1) is 13.8. The lowest BCUT2D eigenvalue weighted by molar-refractivity contribution is -0.116. The summed E-state index contributed by atoms with van der Waals surface area (Å²) in [6.07, 6.45) is 6.23. The molecule has 2 aromatic heterocycles. The summed E-state index contributed by atoms with van der Waals surface area (Å²) in [7, 11) is 1.88. The van der Waals surface area contributed by atoms with Gasteiger partial charge in [-0.15, -0.1) is 0 Å². The van der Waals surface area contributed by atoms with E-state index >= 15 is 0 Å². The highest BCUT2D eigenvalue weighted by molar-refractivity contribution is 5.94. The van der Waals surface area contributed by atoms with Gasteiger partial charge in [-0.05, 0) is 11.1 Å². The first-order chi connectivity index (χ1) is 11.2. The van der Waals surface area contributed by atoms with Crippen LogP contribution in [0.3, 0.4) is 0 Å². The van der Waals surface area contributed by atoms with E-state index in [-0.39, 0.29) is 11.8 Å². The molecule has 0 fully saturated rings. The van der Waals surface area contributed by atoms with Crippen LogP contribution in [0.1, 0.15) is 29.0 Å². The molecule has 0 spiro atoms. The summed E-state index contributed by atoms with van der Waals surface area (Å²) in [6, 6.07) is 10.2. The van der Waals surface area contributed by atoms with Crippen LogP contribution in [0.25, 0.3) is 0 Å². The number of rotatable bonds is 3. The van der Waals surface area contributed by atoms with Crippen molar-refractivity contribution in [1.29, 1.82) is 0 Å². The molecule has 6 nitrogen and oxygen atoms in total. The Labute approximate surface area is 133 Å². The Morgan fingerprint density at radius 1 is 1.26 bits per heavy atom. The van der Waals surface area contributed by atoms with Crippen molar-refractivity contribution in [3.05, 3.63) is 65.6 Å². The van der Waals surface area contributed by atoms with Gasteiger partial charge in [0.1, 0.15) is 0 Å². The van der Waals surface area contributed by atoms with Crippen LogP contribution >= 0.6 is 0 Å². The molecule has 1 aliphatic rings. The monoisotopic (exact) mass is 307 g/mol. The Bertz CT molecular complexity index is 849. The van der Waals surface area contributed by atoms with Crippen LogP contribution in [-0.2, 0) is 18.4 Å². The molecule has 116 valence electrons. The Balaban J connectivity index is 1.69. The highest BCUT2D eigenvalue weighted by Crippen LogP contribution is 2.36. The lowest BCUT2D eigenvalue weighted by Gasteiger charge is -2.20. The van der Waals surface area contributed by atoms with Gasteiger partial charge in [0.25, 0.3) is 0 Å². The zero-order chi connectivity index (χ0) is 15.8. The number of carbonyl (C=O) groups excluding carboxylic acids is 1. The molecular formula is C17H17N5O. The van der Waals surface area contributed by atoms with Gasteiger partial charge in [-0.1, -0.05) is 30.3 Å². The molecule has 1 amide bonds. The number of fused-ring (bicyclic) bond motifs is 1. The van der Waals surface area contributed by atoms with E-state index in [1.807, 2.05) is 48.5 Å². The van der Waals surface area contributed by atoms with Gasteiger partial charge in [0.05, 0.1) is 12.7 Å². The van der Waals surface area contributed by atoms with Crippen LogP contribution in [0.4, 0.5) is 5.82 Å². The number of carbonyl (C=O) groups is 1. The maximum atomic E-state index is 12.0. The standard InChI is InChI=1S/C17H17N5O/c1-21-10-13(8-18-21)14-7-16(23)19-17-15(14)11-22(20-17)9-12-5-3-2-4-6-12/h2-6,8,10-11,14H,7,9H2,1H3,(H,19,20,23). The fourth-order valence-corrected chi connectivity index (χ4v) is 3.04. The second-order valence-electron chi connectivity index (χ2n) is 5.87. The molecule has 1 aromatic carbocycles. The van der Waals surface area contributed by atoms with Crippen LogP contribution in [0.15, 0.2) is 48.9 Å². The van der Waals surface area contributed by atoms with Crippen molar-refractivity contribution in [3.8, 4) is 0 Å². The molecule has 23 heavy (non-hydrogen) atoms. The average Bonchev–Trinajstić information content (AvgIpc) is 3.13. The normalized spacial score (nSPS) is 16.9. The maximum absolute atomic E-state index is 12.0. The van der Waals surface area contributed by atoms with Crippen molar-refractivity contribution in [2.75, 3.05) is 5.32 Å². The molecule has 1 N–H and O–H groups in total. The van der Waals surface area contributed by atoms with E-state index in [0.717, 1.165) is 11.1 Å². The number of hydrogen-bond donors (Lipinski definition) is 1. The number of aromatic nitrogens is 4. The molecule has 3 aromatic rings. The second kappa shape index (κ2) is 5.39. The summed E-state index contributed by atoms with van der Waals surface area (Å²) < 4.78 is 3.64. The number of amides is 1. The van der Waals surface area contributed by atoms with E-state index in [0.29, 0.717) is 18.8 Å². The van der Waals surface area contributed by atoms with Gasteiger partial charge in [0.2, 0.25) is 5.91 Å². The zero-order valence-electron chi connectivity index (χ0n) is 12.8. The van der Waals surface area contributed by atoms with E-state index in [4.69, 9.17) is 0 Å². The number of hydrogen-bond acceptors (Lipinski definition) is 3. The van der Waals surface area contributed by atoms with Crippen LogP contribution < -0.4 is 5.32 Å². The van der Waals surface area contributed by atoms with Crippen LogP contribution in [0, 0.1) is 0 Å². The smallest absolute Gasteiger partial charge is 0.226 e. The zero-order valence-corrected chi connectivity index (χ0v) is 12.8. The second-order valence-corrected chi connectivity index (χ2v) is 5.87. The van der Waals surface area contributed by atoms with Gasteiger partial charge in [-0.25, -0.2) is 0 Å². The molecule has 1 atom stereocenters. The van der Waals surface area contributed by atoms with Crippen LogP contribution in [-0.4, -0.2) is 25.5 Å². The number of aryl methyl sites for hydroxylation is 1. The van der Waals surface area contributed by atoms with Gasteiger partial charge in [-0.2, -0.15) is 10.2 Å². The molecule has 1 aliphatic heterocycles. The maximum Gasteiger partial charge on any atom is 0.226 e. The first-order valence-electron chi connectivity index (χ1n) is 7.59. The largest absolute Gasteiger partial charge is 0.309 e. The third kappa shape index (κ3) is 2.63. The van der Waals surface area contributed by atoms with E-state index in [1.54, 1.807) is 4.68 Å². The Morgan fingerprint density at radius 2 is 2.09 bits per heavy atom. The first-order valence-corrected chi connectivity index (χ1v) is 7.59. The minimum atomic E-state index is -0.00341. The van der Waals surface area contributed by atoms with Crippen molar-refractivity contribution in [2.45, 2.75) is 18.9 Å². The Hall–Kier alpha value is -2.89. The predicted molar refractivity (Wildman–Crippen MR) is 86.1 cm³/mol. The molecule has 3 heterocycles. The van der Waals surface area contributed by atoms with Crippen LogP contribution in [0.2, 0.25) is 0 Å². The van der Waals surface area contributed by atoms with Crippen molar-refractivity contribution >= 4 is 11.7 Å². The summed E-state index contributed by atoms with van der Waals surface area (Å²) in [5.41, 5.74) is 3.27. The topological polar surface area (TPSA) is 64.7 Å². The fraction of sp³-hybridized carbons (Fsp3) is 0.235. The SMILES string of the molecule is Cn1cc(C2CC(=O)Nc3nn(Cc4ccccc4)cc32)cn1. The third-order valence-electron chi connectivity index (χ3n) is 4.13. The van der Waals surface area contributed by atoms with Gasteiger partial charge in [-0.3, -0.25) is 14.2 Å². The molecule has 0 saturated heterocycles. The van der Waals surface area contributed by atoms with Crippen molar-refractivity contribution in [3.63, 3.8) is 0 Å². The third-order valence-corrected chi connectivity index (χ3v) is 4.13.